The maximum atomic E-state index is 12.9. The zero-order chi connectivity index (χ0) is 48.2. The van der Waals surface area contributed by atoms with Gasteiger partial charge in [0.2, 0.25) is 0 Å². The molecule has 0 saturated carbocycles. The number of esters is 4. The first-order chi connectivity index (χ1) is 32.1. The van der Waals surface area contributed by atoms with Gasteiger partial charge in [0.15, 0.2) is 0 Å². The molecule has 12 nitrogen and oxygen atoms in total. The van der Waals surface area contributed by atoms with E-state index in [-0.39, 0.29) is 17.4 Å². The summed E-state index contributed by atoms with van der Waals surface area (Å²) < 4.78 is 27.6. The summed E-state index contributed by atoms with van der Waals surface area (Å²) in [6.45, 7) is 17.3. The fourth-order valence-electron chi connectivity index (χ4n) is 6.52. The molecule has 0 amide bonds. The molecule has 1 N–H and O–H groups in total. The van der Waals surface area contributed by atoms with Crippen molar-refractivity contribution >= 4 is 51.7 Å². The zero-order valence-electron chi connectivity index (χ0n) is 39.9. The molecule has 5 aromatic carbocycles. The van der Waals surface area contributed by atoms with Crippen LogP contribution in [0.3, 0.4) is 0 Å². The van der Waals surface area contributed by atoms with Crippen molar-refractivity contribution in [1.29, 1.82) is 0 Å². The van der Waals surface area contributed by atoms with Gasteiger partial charge in [-0.05, 0) is 156 Å². The van der Waals surface area contributed by atoms with Crippen LogP contribution in [0, 0.1) is 10.8 Å². The first-order valence-electron chi connectivity index (χ1n) is 23.1. The van der Waals surface area contributed by atoms with Crippen LogP contribution in [0.4, 0.5) is 17.1 Å². The molecule has 0 bridgehead atoms. The lowest BCUT2D eigenvalue weighted by molar-refractivity contribution is -0.160. The van der Waals surface area contributed by atoms with Crippen LogP contribution < -0.4 is 14.8 Å². The molecular weight excluding hydrogens is 847 g/mol. The average molecular weight is 912 g/mol. The van der Waals surface area contributed by atoms with Crippen molar-refractivity contribution in [3.05, 3.63) is 138 Å². The first kappa shape index (κ1) is 51.2. The Labute approximate surface area is 395 Å². The number of nitrogens with one attached hydrogen (secondary N) is 1. The molecule has 0 saturated heterocycles. The highest BCUT2D eigenvalue weighted by Crippen LogP contribution is 2.39. The molecule has 0 fully saturated rings. The third kappa shape index (κ3) is 15.9. The smallest absolute Gasteiger partial charge is 0.343 e. The maximum Gasteiger partial charge on any atom is 0.343 e. The summed E-state index contributed by atoms with van der Waals surface area (Å²) in [7, 11) is 0. The Kier molecular flexibility index (Phi) is 19.2. The Balaban J connectivity index is 1.01. The number of ether oxygens (including phenoxy) is 5. The number of rotatable bonds is 25. The summed E-state index contributed by atoms with van der Waals surface area (Å²) in [4.78, 5) is 49.4. The van der Waals surface area contributed by atoms with Crippen molar-refractivity contribution < 1.29 is 42.9 Å². The van der Waals surface area contributed by atoms with Crippen LogP contribution in [0.2, 0.25) is 0 Å². The predicted molar refractivity (Wildman–Crippen MR) is 262 cm³/mol. The molecule has 0 aliphatic rings. The van der Waals surface area contributed by atoms with E-state index in [1.807, 2.05) is 83.1 Å². The summed E-state index contributed by atoms with van der Waals surface area (Å²) >= 11 is 0. The normalized spacial score (nSPS) is 11.6. The quantitative estimate of drug-likeness (QED) is 0.0150. The highest BCUT2D eigenvalue weighted by atomic mass is 16.5. The van der Waals surface area contributed by atoms with Gasteiger partial charge in [0.1, 0.15) is 11.5 Å². The van der Waals surface area contributed by atoms with Gasteiger partial charge < -0.3 is 29.0 Å². The molecule has 354 valence electrons. The van der Waals surface area contributed by atoms with Crippen molar-refractivity contribution in [1.82, 2.24) is 0 Å². The van der Waals surface area contributed by atoms with Crippen molar-refractivity contribution in [2.24, 2.45) is 21.1 Å². The second-order valence-corrected chi connectivity index (χ2v) is 18.1. The van der Waals surface area contributed by atoms with Crippen molar-refractivity contribution in [2.45, 2.75) is 99.5 Å². The molecule has 0 spiro atoms. The molecule has 12 heteroatoms. The van der Waals surface area contributed by atoms with Gasteiger partial charge in [-0.25, -0.2) is 14.4 Å². The van der Waals surface area contributed by atoms with Gasteiger partial charge >= 0.3 is 23.9 Å². The van der Waals surface area contributed by atoms with E-state index in [0.717, 1.165) is 73.4 Å². The SMILES string of the molecule is C=C(C)C(=O)OCCCCCCOc1ccc(C(=O)Oc2ccc(CNc3ccc(/N=N/c4ccc(C(=O)OCCCCCCOC(=O)C(C)(C)C(C)(C)C)cc4)c4ccccc34)cc2)cc1. The van der Waals surface area contributed by atoms with Gasteiger partial charge in [0.05, 0.1) is 54.3 Å². The number of anilines is 1. The summed E-state index contributed by atoms with van der Waals surface area (Å²) in [6, 6.07) is 33.0. The van der Waals surface area contributed by atoms with Crippen LogP contribution in [0.5, 0.6) is 11.5 Å². The van der Waals surface area contributed by atoms with Crippen LogP contribution in [0.15, 0.2) is 132 Å². The van der Waals surface area contributed by atoms with Gasteiger partial charge in [-0.1, -0.05) is 63.7 Å². The summed E-state index contributed by atoms with van der Waals surface area (Å²) in [6.07, 6.45) is 6.80. The Morgan fingerprint density at radius 3 is 1.75 bits per heavy atom. The lowest BCUT2D eigenvalue weighted by Crippen LogP contribution is -2.39. The molecule has 0 aliphatic heterocycles. The van der Waals surface area contributed by atoms with Crippen molar-refractivity contribution in [2.75, 3.05) is 31.7 Å². The number of fused-ring (bicyclic) bond motifs is 1. The molecule has 67 heavy (non-hydrogen) atoms. The van der Waals surface area contributed by atoms with Gasteiger partial charge in [-0.3, -0.25) is 4.79 Å². The van der Waals surface area contributed by atoms with E-state index in [9.17, 15) is 19.2 Å². The highest BCUT2D eigenvalue weighted by Gasteiger charge is 2.41. The minimum atomic E-state index is -0.560. The van der Waals surface area contributed by atoms with Crippen LogP contribution in [0.1, 0.15) is 119 Å². The summed E-state index contributed by atoms with van der Waals surface area (Å²) in [5, 5.41) is 14.4. The number of carbonyl (C=O) groups is 4. The number of hydrogen-bond donors (Lipinski definition) is 1. The fourth-order valence-corrected chi connectivity index (χ4v) is 6.52. The third-order valence-corrected chi connectivity index (χ3v) is 11.8. The third-order valence-electron chi connectivity index (χ3n) is 11.8. The van der Waals surface area contributed by atoms with Crippen molar-refractivity contribution in [3.8, 4) is 11.5 Å². The number of benzene rings is 5. The Morgan fingerprint density at radius 2 is 1.12 bits per heavy atom. The number of carbonyl (C=O) groups excluding carboxylic acids is 4. The average Bonchev–Trinajstić information content (AvgIpc) is 3.32. The van der Waals surface area contributed by atoms with E-state index < -0.39 is 17.4 Å². The number of hydrogen-bond acceptors (Lipinski definition) is 12. The lowest BCUT2D eigenvalue weighted by atomic mass is 9.69. The standard InChI is InChI=1S/C55H65N3O9/c1-39(2)50(59)64-35-15-9-8-14-34-63-44-30-24-42(25-31-44)52(61)67-45-28-20-40(21-29-45)38-56-48-32-33-49(47-19-13-12-18-46(47)48)58-57-43-26-22-41(23-27-43)51(60)65-36-16-10-11-17-37-66-53(62)55(6,7)54(3,4)5/h12-13,18-33,56H,1,8-11,14-17,34-38H2,2-7H3/b58-57+. The molecule has 0 atom stereocenters. The molecule has 5 aromatic rings. The van der Waals surface area contributed by atoms with Crippen LogP contribution in [-0.4, -0.2) is 50.3 Å². The van der Waals surface area contributed by atoms with E-state index in [1.165, 1.54) is 0 Å². The van der Waals surface area contributed by atoms with Gasteiger partial charge in [-0.15, -0.1) is 5.11 Å². The molecule has 0 heterocycles. The van der Waals surface area contributed by atoms with Gasteiger partial charge in [0.25, 0.3) is 0 Å². The fraction of sp³-hybridized carbons (Fsp3) is 0.382. The maximum absolute atomic E-state index is 12.9. The Bertz CT molecular complexity index is 2450. The van der Waals surface area contributed by atoms with Crippen LogP contribution >= 0.6 is 0 Å². The van der Waals surface area contributed by atoms with Crippen molar-refractivity contribution in [3.63, 3.8) is 0 Å². The van der Waals surface area contributed by atoms with E-state index in [0.29, 0.717) is 72.5 Å². The van der Waals surface area contributed by atoms with Crippen LogP contribution in [0.25, 0.3) is 10.8 Å². The monoisotopic (exact) mass is 911 g/mol. The zero-order valence-corrected chi connectivity index (χ0v) is 39.9. The topological polar surface area (TPSA) is 151 Å². The lowest BCUT2D eigenvalue weighted by Gasteiger charge is -2.36. The second kappa shape index (κ2) is 25.2. The highest BCUT2D eigenvalue weighted by molar-refractivity contribution is 6.01. The van der Waals surface area contributed by atoms with Crippen LogP contribution in [-0.2, 0) is 30.3 Å². The number of azo groups is 1. The van der Waals surface area contributed by atoms with E-state index in [4.69, 9.17) is 23.7 Å². The number of nitrogens with zero attached hydrogens (tertiary/aromatic N) is 2. The molecule has 0 aromatic heterocycles. The predicted octanol–water partition coefficient (Wildman–Crippen LogP) is 13.5. The summed E-state index contributed by atoms with van der Waals surface area (Å²) in [5.74, 6) is -0.266. The Hall–Kier alpha value is -6.82. The Morgan fingerprint density at radius 1 is 0.567 bits per heavy atom. The molecular formula is C55H65N3O9. The van der Waals surface area contributed by atoms with E-state index in [1.54, 1.807) is 67.6 Å². The molecule has 5 rings (SSSR count). The molecule has 0 unspecified atom stereocenters. The minimum Gasteiger partial charge on any atom is -0.494 e. The van der Waals surface area contributed by atoms with Gasteiger partial charge in [0, 0.05) is 28.6 Å². The van der Waals surface area contributed by atoms with E-state index in [2.05, 4.69) is 22.1 Å². The summed E-state index contributed by atoms with van der Waals surface area (Å²) in [5.41, 5.74) is 3.75. The number of unbranched alkanes of at least 4 members (excludes halogenated alkanes) is 6. The first-order valence-corrected chi connectivity index (χ1v) is 23.1. The largest absolute Gasteiger partial charge is 0.494 e. The molecule has 0 aliphatic carbocycles. The van der Waals surface area contributed by atoms with E-state index >= 15 is 0 Å². The minimum absolute atomic E-state index is 0.177. The second-order valence-electron chi connectivity index (χ2n) is 18.1. The van der Waals surface area contributed by atoms with Gasteiger partial charge in [-0.2, -0.15) is 5.11 Å². The molecule has 0 radical (unpaired) electrons.